The Bertz CT molecular complexity index is 479. The molecule has 0 N–H and O–H groups in total. The van der Waals surface area contributed by atoms with E-state index < -0.39 is 22.2 Å². The fourth-order valence-corrected chi connectivity index (χ4v) is 1.19. The van der Waals surface area contributed by atoms with Gasteiger partial charge in [-0.05, 0) is 13.0 Å². The average molecular weight is 274 g/mol. The number of halogens is 1. The van der Waals surface area contributed by atoms with Crippen molar-refractivity contribution in [1.82, 2.24) is 5.01 Å². The van der Waals surface area contributed by atoms with Crippen LogP contribution in [0.4, 0.5) is 10.5 Å². The summed E-state index contributed by atoms with van der Waals surface area (Å²) in [7, 11) is 0. The first-order chi connectivity index (χ1) is 8.47. The number of carbonyl (C=O) groups excluding carboxylic acids is 1. The molecular formula is C9H8ClN3O5. The molecule has 0 bridgehead atoms. The van der Waals surface area contributed by atoms with Gasteiger partial charge in [-0.25, -0.2) is 4.79 Å². The molecule has 1 amide bonds. The summed E-state index contributed by atoms with van der Waals surface area (Å²) >= 11 is 5.50. The zero-order valence-corrected chi connectivity index (χ0v) is 9.90. The van der Waals surface area contributed by atoms with E-state index in [4.69, 9.17) is 11.6 Å². The van der Waals surface area contributed by atoms with Crippen molar-refractivity contribution in [3.8, 4) is 5.75 Å². The van der Waals surface area contributed by atoms with Crippen LogP contribution in [0.25, 0.3) is 0 Å². The maximum atomic E-state index is 11.5. The highest BCUT2D eigenvalue weighted by atomic mass is 35.5. The molecule has 0 aliphatic carbocycles. The van der Waals surface area contributed by atoms with E-state index in [0.717, 1.165) is 6.07 Å². The molecule has 1 aromatic rings. The number of ether oxygens (including phenoxy) is 1. The minimum atomic E-state index is -1.19. The van der Waals surface area contributed by atoms with Gasteiger partial charge in [0, 0.05) is 6.07 Å². The van der Waals surface area contributed by atoms with Gasteiger partial charge < -0.3 is 4.74 Å². The van der Waals surface area contributed by atoms with Crippen molar-refractivity contribution in [3.05, 3.63) is 39.3 Å². The second kappa shape index (κ2) is 5.92. The number of hydrogen-bond acceptors (Lipinski definition) is 6. The number of carbonyl (C=O) groups is 1. The van der Waals surface area contributed by atoms with Crippen LogP contribution in [0.3, 0.4) is 0 Å². The third-order valence-electron chi connectivity index (χ3n) is 1.87. The topological polar surface area (TPSA) is 102 Å². The molecule has 1 atom stereocenters. The predicted octanol–water partition coefficient (Wildman–Crippen LogP) is 2.66. The standard InChI is InChI=1S/C9H8ClN3O5/c1-6(10)12(11-15)9(14)18-8-5-3-2-4-7(8)13(16)17/h2-6H,1H3. The number of benzene rings is 1. The lowest BCUT2D eigenvalue weighted by Gasteiger charge is -2.14. The molecule has 1 aromatic carbocycles. The minimum absolute atomic E-state index is 0.293. The lowest BCUT2D eigenvalue weighted by atomic mass is 10.3. The van der Waals surface area contributed by atoms with Crippen molar-refractivity contribution >= 4 is 23.4 Å². The smallest absolute Gasteiger partial charge is 0.401 e. The van der Waals surface area contributed by atoms with E-state index in [-0.39, 0.29) is 5.75 Å². The fourth-order valence-electron chi connectivity index (χ4n) is 1.08. The SMILES string of the molecule is CC(Cl)N(N=O)C(=O)Oc1ccccc1[N+](=O)[O-]. The summed E-state index contributed by atoms with van der Waals surface area (Å²) < 4.78 is 4.69. The Balaban J connectivity index is 2.94. The minimum Gasteiger partial charge on any atom is -0.401 e. The van der Waals surface area contributed by atoms with Crippen LogP contribution in [0.2, 0.25) is 0 Å². The summed E-state index contributed by atoms with van der Waals surface area (Å²) in [5.74, 6) is -0.293. The number of nitroso groups, excluding NO2 is 1. The van der Waals surface area contributed by atoms with Crippen LogP contribution < -0.4 is 4.74 Å². The van der Waals surface area contributed by atoms with Crippen LogP contribution in [0.1, 0.15) is 6.92 Å². The van der Waals surface area contributed by atoms with Gasteiger partial charge in [0.15, 0.2) is 0 Å². The van der Waals surface area contributed by atoms with Crippen LogP contribution in [0.15, 0.2) is 29.6 Å². The van der Waals surface area contributed by atoms with Gasteiger partial charge in [-0.2, -0.15) is 0 Å². The molecule has 0 radical (unpaired) electrons. The van der Waals surface area contributed by atoms with Gasteiger partial charge in [-0.3, -0.25) is 10.1 Å². The second-order valence-electron chi connectivity index (χ2n) is 3.09. The molecule has 8 nitrogen and oxygen atoms in total. The maximum absolute atomic E-state index is 11.5. The number of rotatable bonds is 4. The van der Waals surface area contributed by atoms with Crippen molar-refractivity contribution in [2.45, 2.75) is 12.4 Å². The zero-order valence-electron chi connectivity index (χ0n) is 9.15. The number of alkyl halides is 1. The van der Waals surface area contributed by atoms with Gasteiger partial charge in [-0.1, -0.05) is 23.7 Å². The van der Waals surface area contributed by atoms with E-state index in [1.165, 1.54) is 25.1 Å². The van der Waals surface area contributed by atoms with E-state index in [2.05, 4.69) is 10.0 Å². The van der Waals surface area contributed by atoms with Crippen LogP contribution >= 0.6 is 11.6 Å². The van der Waals surface area contributed by atoms with Crippen molar-refractivity contribution < 1.29 is 14.5 Å². The van der Waals surface area contributed by atoms with E-state index in [0.29, 0.717) is 5.01 Å². The van der Waals surface area contributed by atoms with Crippen LogP contribution in [0.5, 0.6) is 5.75 Å². The number of para-hydroxylation sites is 2. The Morgan fingerprint density at radius 3 is 2.67 bits per heavy atom. The van der Waals surface area contributed by atoms with Gasteiger partial charge >= 0.3 is 11.8 Å². The first-order valence-electron chi connectivity index (χ1n) is 4.69. The summed E-state index contributed by atoms with van der Waals surface area (Å²) in [5, 5.41) is 13.3. The molecule has 0 aliphatic heterocycles. The second-order valence-corrected chi connectivity index (χ2v) is 3.72. The molecule has 0 saturated carbocycles. The quantitative estimate of drug-likeness (QED) is 0.276. The van der Waals surface area contributed by atoms with E-state index in [1.807, 2.05) is 0 Å². The van der Waals surface area contributed by atoms with Crippen molar-refractivity contribution in [3.63, 3.8) is 0 Å². The Morgan fingerprint density at radius 2 is 2.17 bits per heavy atom. The summed E-state index contributed by atoms with van der Waals surface area (Å²) in [6.07, 6.45) is -1.19. The third kappa shape index (κ3) is 3.14. The molecule has 0 spiro atoms. The van der Waals surface area contributed by atoms with Gasteiger partial charge in [0.2, 0.25) is 5.75 Å². The zero-order chi connectivity index (χ0) is 13.7. The van der Waals surface area contributed by atoms with Crippen LogP contribution in [-0.2, 0) is 0 Å². The third-order valence-corrected chi connectivity index (χ3v) is 2.06. The number of amides is 1. The van der Waals surface area contributed by atoms with Crippen LogP contribution in [0, 0.1) is 15.0 Å². The number of hydrogen-bond donors (Lipinski definition) is 0. The summed E-state index contributed by atoms with van der Waals surface area (Å²) in [6, 6.07) is 5.23. The lowest BCUT2D eigenvalue weighted by molar-refractivity contribution is -0.385. The highest BCUT2D eigenvalue weighted by Crippen LogP contribution is 2.26. The number of nitro benzene ring substituents is 1. The fraction of sp³-hybridized carbons (Fsp3) is 0.222. The van der Waals surface area contributed by atoms with E-state index >= 15 is 0 Å². The molecule has 1 unspecified atom stereocenters. The monoisotopic (exact) mass is 273 g/mol. The van der Waals surface area contributed by atoms with E-state index in [9.17, 15) is 19.8 Å². The first kappa shape index (κ1) is 13.8. The molecule has 0 aliphatic rings. The van der Waals surface area contributed by atoms with Crippen molar-refractivity contribution in [2.24, 2.45) is 5.29 Å². The van der Waals surface area contributed by atoms with Gasteiger partial charge in [0.1, 0.15) is 5.50 Å². The molecule has 1 rings (SSSR count). The Kier molecular flexibility index (Phi) is 4.55. The highest BCUT2D eigenvalue weighted by Gasteiger charge is 2.25. The Hall–Kier alpha value is -2.22. The highest BCUT2D eigenvalue weighted by molar-refractivity contribution is 6.20. The van der Waals surface area contributed by atoms with E-state index in [1.54, 1.807) is 0 Å². The molecule has 9 heteroatoms. The summed E-state index contributed by atoms with van der Waals surface area (Å²) in [5.41, 5.74) is -1.43. The van der Waals surface area contributed by atoms with Gasteiger partial charge in [0.05, 0.1) is 10.2 Å². The van der Waals surface area contributed by atoms with Crippen molar-refractivity contribution in [1.29, 1.82) is 0 Å². The number of nitrogens with zero attached hydrogens (tertiary/aromatic N) is 3. The molecule has 96 valence electrons. The first-order valence-corrected chi connectivity index (χ1v) is 5.12. The van der Waals surface area contributed by atoms with Crippen LogP contribution in [-0.4, -0.2) is 21.5 Å². The van der Waals surface area contributed by atoms with Crippen molar-refractivity contribution in [2.75, 3.05) is 0 Å². The average Bonchev–Trinajstić information content (AvgIpc) is 2.29. The largest absolute Gasteiger partial charge is 0.440 e. The Morgan fingerprint density at radius 1 is 1.56 bits per heavy atom. The normalized spacial score (nSPS) is 11.4. The molecule has 0 fully saturated rings. The molecule has 0 aromatic heterocycles. The summed E-state index contributed by atoms with van der Waals surface area (Å²) in [6.45, 7) is 1.32. The maximum Gasteiger partial charge on any atom is 0.440 e. The molecule has 0 saturated heterocycles. The Labute approximate surface area is 106 Å². The predicted molar refractivity (Wildman–Crippen MR) is 62.1 cm³/mol. The molecule has 0 heterocycles. The van der Waals surface area contributed by atoms with Gasteiger partial charge in [-0.15, -0.1) is 9.92 Å². The van der Waals surface area contributed by atoms with Gasteiger partial charge in [0.25, 0.3) is 0 Å². The summed E-state index contributed by atoms with van der Waals surface area (Å²) in [4.78, 5) is 31.8. The lowest BCUT2D eigenvalue weighted by Crippen LogP contribution is -2.32. The number of nitro groups is 1. The molecular weight excluding hydrogens is 266 g/mol. The molecule has 18 heavy (non-hydrogen) atoms.